The first-order valence-corrected chi connectivity index (χ1v) is 12.8. The molecular weight excluding hydrogens is 460 g/mol. The molecule has 1 saturated heterocycles. The zero-order valence-electron chi connectivity index (χ0n) is 19.2. The van der Waals surface area contributed by atoms with E-state index in [9.17, 15) is 13.2 Å². The molecule has 2 aromatic carbocycles. The normalized spacial score (nSPS) is 19.7. The molecule has 0 radical (unpaired) electrons. The van der Waals surface area contributed by atoms with Crippen LogP contribution in [-0.2, 0) is 19.6 Å². The number of benzene rings is 2. The lowest BCUT2D eigenvalue weighted by atomic mass is 9.98. The fourth-order valence-corrected chi connectivity index (χ4v) is 5.54. The van der Waals surface area contributed by atoms with Gasteiger partial charge in [0.05, 0.1) is 10.9 Å². The molecule has 1 heterocycles. The fraction of sp³-hybridized carbons (Fsp3) is 0.400. The van der Waals surface area contributed by atoms with Crippen LogP contribution in [0.3, 0.4) is 0 Å². The van der Waals surface area contributed by atoms with Crippen molar-refractivity contribution < 1.29 is 17.9 Å². The van der Waals surface area contributed by atoms with E-state index in [4.69, 9.17) is 16.3 Å². The maximum absolute atomic E-state index is 13.7. The molecule has 8 heteroatoms. The monoisotopic (exact) mass is 490 g/mol. The molecule has 0 aromatic heterocycles. The number of piperidine rings is 1. The number of ether oxygens (including phenoxy) is 1. The average molecular weight is 491 g/mol. The maximum Gasteiger partial charge on any atom is 0.325 e. The summed E-state index contributed by atoms with van der Waals surface area (Å²) < 4.78 is 34.4. The second kappa shape index (κ2) is 10.8. The third-order valence-corrected chi connectivity index (χ3v) is 7.43. The number of nitrogens with zero attached hydrogens (tertiary/aromatic N) is 1. The van der Waals surface area contributed by atoms with Crippen LogP contribution in [-0.4, -0.2) is 49.5 Å². The van der Waals surface area contributed by atoms with Crippen LogP contribution in [0.4, 0.5) is 0 Å². The molecule has 0 spiro atoms. The Hall–Kier alpha value is -2.19. The first-order chi connectivity index (χ1) is 15.6. The predicted octanol–water partition coefficient (Wildman–Crippen LogP) is 4.51. The summed E-state index contributed by atoms with van der Waals surface area (Å²) in [5, 5.41) is 3.64. The van der Waals surface area contributed by atoms with Crippen molar-refractivity contribution in [3.63, 3.8) is 0 Å². The smallest absolute Gasteiger partial charge is 0.325 e. The van der Waals surface area contributed by atoms with E-state index >= 15 is 0 Å². The van der Waals surface area contributed by atoms with Crippen LogP contribution in [0.1, 0.15) is 39.2 Å². The van der Waals surface area contributed by atoms with Crippen molar-refractivity contribution in [3.05, 3.63) is 71.3 Å². The Morgan fingerprint density at radius 3 is 2.45 bits per heavy atom. The number of nitrogens with one attached hydrogen (secondary N) is 1. The molecule has 0 bridgehead atoms. The van der Waals surface area contributed by atoms with Gasteiger partial charge in [-0.15, -0.1) is 0 Å². The zero-order valence-corrected chi connectivity index (χ0v) is 20.8. The van der Waals surface area contributed by atoms with E-state index in [1.165, 1.54) is 16.4 Å². The van der Waals surface area contributed by atoms with Gasteiger partial charge in [0.25, 0.3) is 0 Å². The van der Waals surface area contributed by atoms with Crippen molar-refractivity contribution in [2.24, 2.45) is 0 Å². The second-order valence-corrected chi connectivity index (χ2v) is 11.3. The first kappa shape index (κ1) is 25.4. The largest absolute Gasteiger partial charge is 0.459 e. The number of rotatable bonds is 7. The standard InChI is InChI=1S/C25H31ClN2O4S/c1-25(2,3)32-24(29)23-22(12-7-17-27-23)28(18-8-11-19-9-5-4-6-10-19)33(30,31)21-15-13-20(26)14-16-21/h4-6,8-11,13-16,22-23,27H,7,12,17-18H2,1-3H3/b11-8+. The second-order valence-electron chi connectivity index (χ2n) is 9.02. The highest BCUT2D eigenvalue weighted by Crippen LogP contribution is 2.27. The van der Waals surface area contributed by atoms with Crippen LogP contribution < -0.4 is 5.32 Å². The quantitative estimate of drug-likeness (QED) is 0.578. The Bertz CT molecular complexity index is 1060. The SMILES string of the molecule is CC(C)(C)OC(=O)C1NCCCC1N(C/C=C/c1ccccc1)S(=O)(=O)c1ccc(Cl)cc1. The van der Waals surface area contributed by atoms with Gasteiger partial charge in [-0.1, -0.05) is 54.1 Å². The lowest BCUT2D eigenvalue weighted by molar-refractivity contribution is -0.159. The van der Waals surface area contributed by atoms with E-state index in [0.29, 0.717) is 18.0 Å². The summed E-state index contributed by atoms with van der Waals surface area (Å²) in [7, 11) is -3.91. The number of halogens is 1. The van der Waals surface area contributed by atoms with Gasteiger partial charge in [0, 0.05) is 11.6 Å². The molecule has 0 saturated carbocycles. The van der Waals surface area contributed by atoms with Crippen LogP contribution in [0.5, 0.6) is 0 Å². The van der Waals surface area contributed by atoms with E-state index in [-0.39, 0.29) is 11.4 Å². The van der Waals surface area contributed by atoms with Gasteiger partial charge in [-0.2, -0.15) is 4.31 Å². The Balaban J connectivity index is 1.96. The highest BCUT2D eigenvalue weighted by Gasteiger charge is 2.42. The third-order valence-electron chi connectivity index (χ3n) is 5.27. The maximum atomic E-state index is 13.7. The minimum absolute atomic E-state index is 0.117. The summed E-state index contributed by atoms with van der Waals surface area (Å²) in [6.45, 7) is 6.13. The minimum Gasteiger partial charge on any atom is -0.459 e. The topological polar surface area (TPSA) is 75.7 Å². The van der Waals surface area contributed by atoms with Gasteiger partial charge >= 0.3 is 5.97 Å². The van der Waals surface area contributed by atoms with Gasteiger partial charge in [-0.25, -0.2) is 8.42 Å². The van der Waals surface area contributed by atoms with Crippen LogP contribution in [0.15, 0.2) is 65.6 Å². The van der Waals surface area contributed by atoms with E-state index in [0.717, 1.165) is 12.0 Å². The van der Waals surface area contributed by atoms with E-state index in [1.54, 1.807) is 32.9 Å². The molecule has 2 atom stereocenters. The summed E-state index contributed by atoms with van der Waals surface area (Å²) in [6, 6.07) is 14.4. The van der Waals surface area contributed by atoms with Gasteiger partial charge in [-0.05, 0) is 70.0 Å². The Morgan fingerprint density at radius 2 is 1.82 bits per heavy atom. The summed E-state index contributed by atoms with van der Waals surface area (Å²) in [5.74, 6) is -0.449. The van der Waals surface area contributed by atoms with Gasteiger partial charge in [0.2, 0.25) is 10.0 Å². The van der Waals surface area contributed by atoms with Crippen LogP contribution >= 0.6 is 11.6 Å². The highest BCUT2D eigenvalue weighted by molar-refractivity contribution is 7.89. The number of hydrogen-bond acceptors (Lipinski definition) is 5. The molecule has 1 aliphatic rings. The minimum atomic E-state index is -3.91. The number of sulfonamides is 1. The van der Waals surface area contributed by atoms with Crippen molar-refractivity contribution in [3.8, 4) is 0 Å². The van der Waals surface area contributed by atoms with Gasteiger partial charge in [-0.3, -0.25) is 4.79 Å². The molecule has 0 amide bonds. The lowest BCUT2D eigenvalue weighted by Gasteiger charge is -2.39. The molecule has 2 unspecified atom stereocenters. The third kappa shape index (κ3) is 6.90. The van der Waals surface area contributed by atoms with Crippen molar-refractivity contribution in [1.29, 1.82) is 0 Å². The first-order valence-electron chi connectivity index (χ1n) is 11.0. The summed E-state index contributed by atoms with van der Waals surface area (Å²) >= 11 is 5.98. The number of carbonyl (C=O) groups excluding carboxylic acids is 1. The van der Waals surface area contributed by atoms with Gasteiger partial charge < -0.3 is 10.1 Å². The van der Waals surface area contributed by atoms with Crippen LogP contribution in [0.25, 0.3) is 6.08 Å². The van der Waals surface area contributed by atoms with E-state index in [1.807, 2.05) is 42.5 Å². The zero-order chi connectivity index (χ0) is 24.1. The van der Waals surface area contributed by atoms with Crippen molar-refractivity contribution in [1.82, 2.24) is 9.62 Å². The molecule has 33 heavy (non-hydrogen) atoms. The molecule has 3 rings (SSSR count). The fourth-order valence-electron chi connectivity index (χ4n) is 3.80. The summed E-state index contributed by atoms with van der Waals surface area (Å²) in [4.78, 5) is 13.1. The molecule has 0 aliphatic carbocycles. The molecule has 2 aromatic rings. The van der Waals surface area contributed by atoms with E-state index in [2.05, 4.69) is 5.32 Å². The molecule has 178 valence electrons. The predicted molar refractivity (Wildman–Crippen MR) is 131 cm³/mol. The van der Waals surface area contributed by atoms with E-state index < -0.39 is 33.7 Å². The lowest BCUT2D eigenvalue weighted by Crippen LogP contribution is -2.59. The molecular formula is C25H31ClN2O4S. The number of hydrogen-bond donors (Lipinski definition) is 1. The summed E-state index contributed by atoms with van der Waals surface area (Å²) in [6.07, 6.45) is 4.98. The number of carbonyl (C=O) groups is 1. The Labute approximate surface area is 201 Å². The molecule has 6 nitrogen and oxygen atoms in total. The number of esters is 1. The van der Waals surface area contributed by atoms with Crippen LogP contribution in [0.2, 0.25) is 5.02 Å². The van der Waals surface area contributed by atoms with Crippen molar-refractivity contribution in [2.75, 3.05) is 13.1 Å². The summed E-state index contributed by atoms with van der Waals surface area (Å²) in [5.41, 5.74) is 0.292. The van der Waals surface area contributed by atoms with Crippen molar-refractivity contribution >= 4 is 33.7 Å². The molecule has 1 fully saturated rings. The van der Waals surface area contributed by atoms with Gasteiger partial charge in [0.1, 0.15) is 11.6 Å². The Kier molecular flexibility index (Phi) is 8.34. The van der Waals surface area contributed by atoms with Crippen molar-refractivity contribution in [2.45, 2.75) is 56.2 Å². The molecule has 1 N–H and O–H groups in total. The van der Waals surface area contributed by atoms with Crippen LogP contribution in [0, 0.1) is 0 Å². The molecule has 1 aliphatic heterocycles. The average Bonchev–Trinajstić information content (AvgIpc) is 2.76. The highest BCUT2D eigenvalue weighted by atomic mass is 35.5. The Morgan fingerprint density at radius 1 is 1.15 bits per heavy atom. The van der Waals surface area contributed by atoms with Gasteiger partial charge in [0.15, 0.2) is 0 Å².